The van der Waals surface area contributed by atoms with Crippen LogP contribution in [0.2, 0.25) is 0 Å². The Balaban J connectivity index is 1.53. The van der Waals surface area contributed by atoms with Gasteiger partial charge in [-0.2, -0.15) is 0 Å². The molecule has 0 aromatic rings. The van der Waals surface area contributed by atoms with Gasteiger partial charge >= 0.3 is 0 Å². The molecule has 9 atom stereocenters. The minimum Gasteiger partial charge on any atom is -0.356 e. The van der Waals surface area contributed by atoms with Gasteiger partial charge in [-0.15, -0.1) is 0 Å². The Kier molecular flexibility index (Phi) is 5.34. The predicted molar refractivity (Wildman–Crippen MR) is 133 cm³/mol. The van der Waals surface area contributed by atoms with Gasteiger partial charge in [0.05, 0.1) is 5.41 Å². The van der Waals surface area contributed by atoms with Gasteiger partial charge in [-0.1, -0.05) is 26.3 Å². The van der Waals surface area contributed by atoms with Crippen molar-refractivity contribution in [3.63, 3.8) is 0 Å². The molecule has 5 rings (SSSR count). The van der Waals surface area contributed by atoms with Gasteiger partial charge in [-0.05, 0) is 88.5 Å². The van der Waals surface area contributed by atoms with Crippen LogP contribution in [0.1, 0.15) is 93.4 Å². The molecular weight excluding hydrogens is 440 g/mol. The fourth-order valence-electron chi connectivity index (χ4n) is 10.0. The van der Waals surface area contributed by atoms with Crippen LogP contribution in [-0.2, 0) is 23.9 Å². The number of allylic oxidation sites excluding steroid dienone is 2. The van der Waals surface area contributed by atoms with Crippen molar-refractivity contribution in [2.45, 2.75) is 105 Å². The van der Waals surface area contributed by atoms with Crippen LogP contribution in [0.3, 0.4) is 0 Å². The minimum atomic E-state index is -0.816. The summed E-state index contributed by atoms with van der Waals surface area (Å²) in [5.41, 5.74) is -1.77. The van der Waals surface area contributed by atoms with Gasteiger partial charge in [0.25, 0.3) is 0 Å². The van der Waals surface area contributed by atoms with Gasteiger partial charge in [-0.3, -0.25) is 14.4 Å². The number of rotatable bonds is 5. The molecule has 0 amide bonds. The van der Waals surface area contributed by atoms with E-state index in [1.165, 1.54) is 0 Å². The SMILES string of the molecule is CC(C)=CC(=O)C[C@@H](C)[C@H]1CC[C@@]2(C)C3C(=O)[C@@H]4O[C@]45C(CCC(=O)C5(C)C)[C@]3(C=O)CC[C@]12C. The monoisotopic (exact) mass is 482 g/mol. The van der Waals surface area contributed by atoms with E-state index in [9.17, 15) is 19.2 Å². The number of hydrogen-bond acceptors (Lipinski definition) is 5. The summed E-state index contributed by atoms with van der Waals surface area (Å²) in [6.07, 6.45) is 7.26. The lowest BCUT2D eigenvalue weighted by Gasteiger charge is -2.64. The molecule has 0 radical (unpaired) electrons. The number of carbonyl (C=O) groups excluding carboxylic acids is 4. The Morgan fingerprint density at radius 3 is 2.37 bits per heavy atom. The zero-order valence-corrected chi connectivity index (χ0v) is 22.5. The second-order valence-corrected chi connectivity index (χ2v) is 13.8. The molecule has 2 unspecified atom stereocenters. The van der Waals surface area contributed by atoms with E-state index < -0.39 is 22.5 Å². The summed E-state index contributed by atoms with van der Waals surface area (Å²) in [7, 11) is 0. The molecule has 4 aliphatic carbocycles. The highest BCUT2D eigenvalue weighted by Crippen LogP contribution is 2.78. The molecule has 35 heavy (non-hydrogen) atoms. The second-order valence-electron chi connectivity index (χ2n) is 13.8. The van der Waals surface area contributed by atoms with Crippen LogP contribution in [-0.4, -0.2) is 35.3 Å². The van der Waals surface area contributed by atoms with E-state index in [-0.39, 0.29) is 45.9 Å². The number of fused-ring (bicyclic) bond motifs is 4. The van der Waals surface area contributed by atoms with Gasteiger partial charge in [0, 0.05) is 30.1 Å². The first-order valence-corrected chi connectivity index (χ1v) is 13.6. The number of Topliss-reactive ketones (excluding diaryl/α,β-unsaturated/α-hetero) is 2. The van der Waals surface area contributed by atoms with Crippen LogP contribution in [0.25, 0.3) is 0 Å². The maximum absolute atomic E-state index is 14.2. The molecule has 5 fully saturated rings. The topological polar surface area (TPSA) is 80.8 Å². The standard InChI is InChI=1S/C30H42O5/c1-17(2)14-19(32)15-18(3)20-10-11-28(7)24-23(34)25-30(35-25)21(8-9-22(33)26(30,4)5)29(24,16-31)13-12-27(20,28)6/h14,16,18,20-21,24-25H,8-13,15H2,1-7H3/t18-,20-,21?,24?,25+,27-,28+,29-,30-/m1/s1. The van der Waals surface area contributed by atoms with Crippen molar-refractivity contribution >= 4 is 23.6 Å². The highest BCUT2D eigenvalue weighted by atomic mass is 16.6. The van der Waals surface area contributed by atoms with Crippen molar-refractivity contribution in [2.24, 2.45) is 45.3 Å². The van der Waals surface area contributed by atoms with Crippen LogP contribution in [0.4, 0.5) is 0 Å². The van der Waals surface area contributed by atoms with Crippen molar-refractivity contribution in [3.05, 3.63) is 11.6 Å². The Bertz CT molecular complexity index is 1040. The van der Waals surface area contributed by atoms with Gasteiger partial charge in [-0.25, -0.2) is 0 Å². The average Bonchev–Trinajstić information content (AvgIpc) is 3.45. The van der Waals surface area contributed by atoms with E-state index in [0.717, 1.165) is 31.1 Å². The molecule has 0 bridgehead atoms. The molecule has 4 saturated carbocycles. The van der Waals surface area contributed by atoms with Gasteiger partial charge in [0.2, 0.25) is 0 Å². The van der Waals surface area contributed by atoms with Gasteiger partial charge in [0.1, 0.15) is 23.8 Å². The van der Waals surface area contributed by atoms with Gasteiger partial charge in [0.15, 0.2) is 11.6 Å². The molecule has 0 aromatic carbocycles. The highest BCUT2D eigenvalue weighted by molar-refractivity contribution is 5.99. The second kappa shape index (κ2) is 7.46. The first-order valence-electron chi connectivity index (χ1n) is 13.6. The summed E-state index contributed by atoms with van der Waals surface area (Å²) in [4.78, 5) is 52.9. The average molecular weight is 483 g/mol. The maximum Gasteiger partial charge on any atom is 0.169 e. The van der Waals surface area contributed by atoms with Crippen LogP contribution in [0, 0.1) is 45.3 Å². The van der Waals surface area contributed by atoms with Crippen molar-refractivity contribution < 1.29 is 23.9 Å². The maximum atomic E-state index is 14.2. The lowest BCUT2D eigenvalue weighted by atomic mass is 9.36. The summed E-state index contributed by atoms with van der Waals surface area (Å²) in [6.45, 7) is 14.5. The first-order chi connectivity index (χ1) is 16.2. The van der Waals surface area contributed by atoms with Crippen molar-refractivity contribution in [2.75, 3.05) is 0 Å². The lowest BCUT2D eigenvalue weighted by Crippen LogP contribution is -2.69. The van der Waals surface area contributed by atoms with Crippen LogP contribution in [0.5, 0.6) is 0 Å². The van der Waals surface area contributed by atoms with Crippen molar-refractivity contribution in [3.8, 4) is 0 Å². The van der Waals surface area contributed by atoms with Gasteiger partial charge < -0.3 is 9.53 Å². The van der Waals surface area contributed by atoms with E-state index >= 15 is 0 Å². The number of ether oxygens (including phenoxy) is 1. The molecule has 1 spiro atoms. The summed E-state index contributed by atoms with van der Waals surface area (Å²) in [5, 5.41) is 0. The molecule has 5 heteroatoms. The molecule has 0 aromatic heterocycles. The molecule has 1 saturated heterocycles. The molecular formula is C30H42O5. The Labute approximate surface area is 209 Å². The van der Waals surface area contributed by atoms with Crippen molar-refractivity contribution in [1.29, 1.82) is 0 Å². The molecule has 0 N–H and O–H groups in total. The number of aldehydes is 1. The summed E-state index contributed by atoms with van der Waals surface area (Å²) in [6, 6.07) is 0. The van der Waals surface area contributed by atoms with Crippen LogP contribution in [0.15, 0.2) is 11.6 Å². The van der Waals surface area contributed by atoms with E-state index in [2.05, 4.69) is 20.8 Å². The number of hydrogen-bond donors (Lipinski definition) is 0. The predicted octanol–water partition coefficient (Wildman–Crippen LogP) is 5.29. The normalized spacial score (nSPS) is 48.1. The highest BCUT2D eigenvalue weighted by Gasteiger charge is 2.85. The summed E-state index contributed by atoms with van der Waals surface area (Å²) in [5.74, 6) is 0.443. The molecule has 5 nitrogen and oxygen atoms in total. The van der Waals surface area contributed by atoms with Crippen molar-refractivity contribution in [1.82, 2.24) is 0 Å². The molecule has 5 aliphatic rings. The molecule has 1 aliphatic heterocycles. The third kappa shape index (κ3) is 2.85. The third-order valence-electron chi connectivity index (χ3n) is 11.9. The number of epoxide rings is 1. The number of ketones is 3. The minimum absolute atomic E-state index is 0.0541. The van der Waals surface area contributed by atoms with Crippen LogP contribution >= 0.6 is 0 Å². The van der Waals surface area contributed by atoms with Crippen LogP contribution < -0.4 is 0 Å². The van der Waals surface area contributed by atoms with E-state index in [0.29, 0.717) is 31.6 Å². The Hall–Kier alpha value is -1.62. The fourth-order valence-corrected chi connectivity index (χ4v) is 10.0. The van der Waals surface area contributed by atoms with E-state index in [4.69, 9.17) is 4.74 Å². The first kappa shape index (κ1) is 25.0. The number of carbonyl (C=O) groups is 4. The molecule has 1 heterocycles. The largest absolute Gasteiger partial charge is 0.356 e. The Morgan fingerprint density at radius 2 is 1.74 bits per heavy atom. The smallest absolute Gasteiger partial charge is 0.169 e. The third-order valence-corrected chi connectivity index (χ3v) is 11.9. The summed E-state index contributed by atoms with van der Waals surface area (Å²) < 4.78 is 6.30. The molecule has 192 valence electrons. The quantitative estimate of drug-likeness (QED) is 0.302. The zero-order chi connectivity index (χ0) is 25.8. The lowest BCUT2D eigenvalue weighted by molar-refractivity contribution is -0.187. The van der Waals surface area contributed by atoms with E-state index in [1.54, 1.807) is 6.08 Å². The fraction of sp³-hybridized carbons (Fsp3) is 0.800. The summed E-state index contributed by atoms with van der Waals surface area (Å²) >= 11 is 0. The Morgan fingerprint density at radius 1 is 1.06 bits per heavy atom. The van der Waals surface area contributed by atoms with E-state index in [1.807, 2.05) is 27.7 Å². The zero-order valence-electron chi connectivity index (χ0n) is 22.5.